The molecular weight excluding hydrogens is 514 g/mol. The molecule has 1 fully saturated rings. The zero-order chi connectivity index (χ0) is 26.5. The second kappa shape index (κ2) is 11.6. The number of para-hydroxylation sites is 2. The van der Waals surface area contributed by atoms with Crippen molar-refractivity contribution in [2.45, 2.75) is 44.2 Å². The van der Waals surface area contributed by atoms with E-state index in [-0.39, 0.29) is 28.2 Å². The number of methoxy groups -OCH3 is 1. The Morgan fingerprint density at radius 3 is 2.41 bits per heavy atom. The highest BCUT2D eigenvalue weighted by atomic mass is 35.5. The molecule has 0 saturated heterocycles. The van der Waals surface area contributed by atoms with E-state index in [9.17, 15) is 14.4 Å². The number of aromatic nitrogens is 1. The van der Waals surface area contributed by atoms with Crippen molar-refractivity contribution in [1.29, 1.82) is 0 Å². The van der Waals surface area contributed by atoms with E-state index in [4.69, 9.17) is 27.8 Å². The number of benzene rings is 2. The first kappa shape index (κ1) is 26.4. The van der Waals surface area contributed by atoms with Gasteiger partial charge in [0.25, 0.3) is 11.8 Å². The lowest BCUT2D eigenvalue weighted by Crippen LogP contribution is -2.47. The summed E-state index contributed by atoms with van der Waals surface area (Å²) >= 11 is 6.89. The Morgan fingerprint density at radius 1 is 1.11 bits per heavy atom. The van der Waals surface area contributed by atoms with Crippen LogP contribution in [0.25, 0.3) is 0 Å². The van der Waals surface area contributed by atoms with Gasteiger partial charge in [-0.05, 0) is 54.2 Å². The summed E-state index contributed by atoms with van der Waals surface area (Å²) in [6.45, 7) is 0. The molecule has 3 aromatic rings. The molecule has 4 rings (SSSR count). The molecule has 0 spiro atoms. The van der Waals surface area contributed by atoms with Gasteiger partial charge in [-0.3, -0.25) is 19.3 Å². The summed E-state index contributed by atoms with van der Waals surface area (Å²) in [5, 5.41) is 3.63. The molecule has 2 aromatic carbocycles. The molecule has 11 heteroatoms. The number of ether oxygens (including phenoxy) is 1. The zero-order valence-corrected chi connectivity index (χ0v) is 21.8. The topological polar surface area (TPSA) is 141 Å². The average molecular weight is 542 g/mol. The Hall–Kier alpha value is -3.63. The third-order valence-electron chi connectivity index (χ3n) is 6.36. The van der Waals surface area contributed by atoms with Gasteiger partial charge in [0.05, 0.1) is 18.5 Å². The number of halogens is 1. The van der Waals surface area contributed by atoms with Gasteiger partial charge in [0.2, 0.25) is 5.91 Å². The summed E-state index contributed by atoms with van der Waals surface area (Å²) in [7, 11) is 1.48. The first-order valence-electron chi connectivity index (χ1n) is 11.9. The standard InChI is InChI=1S/C26H28ClN5O4S/c1-36-19-10-6-5-9-18(19)32(26(35)23-20(28)21(24(29)33)31-37-23)22(15-11-13-16(27)14-12-15)25(34)30-17-7-3-2-4-8-17/h5-6,9-14,17,22H,2-4,7-8,28H2,1H3,(H2,29,33)(H,30,34)/t22-/m1/s1. The number of anilines is 2. The summed E-state index contributed by atoms with van der Waals surface area (Å²) in [5.41, 5.74) is 12.1. The first-order chi connectivity index (χ1) is 17.8. The summed E-state index contributed by atoms with van der Waals surface area (Å²) in [6, 6.07) is 12.5. The molecule has 3 amide bonds. The number of primary amides is 1. The van der Waals surface area contributed by atoms with E-state index in [1.807, 2.05) is 0 Å². The molecule has 1 aliphatic carbocycles. The molecule has 9 nitrogen and oxygen atoms in total. The summed E-state index contributed by atoms with van der Waals surface area (Å²) in [5.74, 6) is -1.45. The molecule has 1 aliphatic rings. The molecule has 0 bridgehead atoms. The number of nitrogen functional groups attached to an aromatic ring is 1. The third kappa shape index (κ3) is 5.70. The van der Waals surface area contributed by atoms with Gasteiger partial charge in [-0.15, -0.1) is 0 Å². The summed E-state index contributed by atoms with van der Waals surface area (Å²) in [4.78, 5) is 41.2. The fraction of sp³-hybridized carbons (Fsp3) is 0.308. The lowest BCUT2D eigenvalue weighted by atomic mass is 9.94. The normalized spacial score (nSPS) is 14.5. The Balaban J connectivity index is 1.87. The maximum atomic E-state index is 14.2. The van der Waals surface area contributed by atoms with Gasteiger partial charge in [0.15, 0.2) is 5.69 Å². The maximum absolute atomic E-state index is 14.2. The predicted octanol–water partition coefficient (Wildman–Crippen LogP) is 4.32. The zero-order valence-electron chi connectivity index (χ0n) is 20.3. The third-order valence-corrected chi connectivity index (χ3v) is 7.47. The van der Waals surface area contributed by atoms with Crippen molar-refractivity contribution in [2.24, 2.45) is 5.73 Å². The Kier molecular flexibility index (Phi) is 8.30. The smallest absolute Gasteiger partial charge is 0.273 e. The van der Waals surface area contributed by atoms with Crippen molar-refractivity contribution < 1.29 is 19.1 Å². The van der Waals surface area contributed by atoms with Gasteiger partial charge in [-0.2, -0.15) is 4.37 Å². The van der Waals surface area contributed by atoms with Crippen LogP contribution in [0.2, 0.25) is 5.02 Å². The van der Waals surface area contributed by atoms with Crippen LogP contribution < -0.4 is 26.4 Å². The van der Waals surface area contributed by atoms with Gasteiger partial charge in [-0.25, -0.2) is 0 Å². The second-order valence-electron chi connectivity index (χ2n) is 8.78. The number of nitrogens with zero attached hydrogens (tertiary/aromatic N) is 2. The van der Waals surface area contributed by atoms with E-state index in [0.29, 0.717) is 22.0 Å². The summed E-state index contributed by atoms with van der Waals surface area (Å²) < 4.78 is 9.54. The van der Waals surface area contributed by atoms with Crippen molar-refractivity contribution in [1.82, 2.24) is 9.69 Å². The number of amides is 3. The lowest BCUT2D eigenvalue weighted by Gasteiger charge is -2.34. The van der Waals surface area contributed by atoms with Gasteiger partial charge in [-0.1, -0.05) is 55.1 Å². The van der Waals surface area contributed by atoms with Crippen molar-refractivity contribution in [3.05, 3.63) is 69.7 Å². The Labute approximate surface area is 223 Å². The van der Waals surface area contributed by atoms with Crippen LogP contribution in [-0.2, 0) is 4.79 Å². The molecule has 1 heterocycles. The van der Waals surface area contributed by atoms with Crippen molar-refractivity contribution in [3.63, 3.8) is 0 Å². The van der Waals surface area contributed by atoms with Crippen LogP contribution >= 0.6 is 23.1 Å². The molecule has 0 radical (unpaired) electrons. The minimum absolute atomic E-state index is 0.000564. The van der Waals surface area contributed by atoms with Crippen LogP contribution in [0.5, 0.6) is 5.75 Å². The maximum Gasteiger partial charge on any atom is 0.273 e. The molecule has 1 atom stereocenters. The quantitative estimate of drug-likeness (QED) is 0.388. The number of hydrogen-bond donors (Lipinski definition) is 3. The van der Waals surface area contributed by atoms with Crippen LogP contribution in [-0.4, -0.2) is 35.2 Å². The van der Waals surface area contributed by atoms with Crippen LogP contribution in [0.3, 0.4) is 0 Å². The number of hydrogen-bond acceptors (Lipinski definition) is 7. The molecule has 5 N–H and O–H groups in total. The van der Waals surface area contributed by atoms with Crippen LogP contribution in [0, 0.1) is 0 Å². The van der Waals surface area contributed by atoms with Gasteiger partial charge < -0.3 is 21.5 Å². The molecule has 0 aliphatic heterocycles. The first-order valence-corrected chi connectivity index (χ1v) is 13.0. The number of carbonyl (C=O) groups is 3. The van der Waals surface area contributed by atoms with Crippen LogP contribution in [0.15, 0.2) is 48.5 Å². The van der Waals surface area contributed by atoms with Crippen molar-refractivity contribution in [3.8, 4) is 5.75 Å². The van der Waals surface area contributed by atoms with Crippen molar-refractivity contribution in [2.75, 3.05) is 17.7 Å². The lowest BCUT2D eigenvalue weighted by molar-refractivity contribution is -0.123. The SMILES string of the molecule is COc1ccccc1N(C(=O)c1snc(C(N)=O)c1N)[C@@H](C(=O)NC1CCCCC1)c1ccc(Cl)cc1. The van der Waals surface area contributed by atoms with Crippen LogP contribution in [0.4, 0.5) is 11.4 Å². The fourth-order valence-electron chi connectivity index (χ4n) is 4.52. The van der Waals surface area contributed by atoms with Gasteiger partial charge >= 0.3 is 0 Å². The monoisotopic (exact) mass is 541 g/mol. The van der Waals surface area contributed by atoms with Gasteiger partial charge in [0, 0.05) is 11.1 Å². The Morgan fingerprint density at radius 2 is 1.78 bits per heavy atom. The number of carbonyl (C=O) groups excluding carboxylic acids is 3. The second-order valence-corrected chi connectivity index (χ2v) is 9.99. The Bertz CT molecular complexity index is 1290. The van der Waals surface area contributed by atoms with E-state index in [1.54, 1.807) is 48.5 Å². The van der Waals surface area contributed by atoms with Crippen molar-refractivity contribution >= 4 is 52.2 Å². The molecule has 1 saturated carbocycles. The van der Waals surface area contributed by atoms with E-state index >= 15 is 0 Å². The molecule has 0 unspecified atom stereocenters. The van der Waals surface area contributed by atoms with E-state index < -0.39 is 17.9 Å². The molecule has 194 valence electrons. The van der Waals surface area contributed by atoms with Gasteiger partial charge in [0.1, 0.15) is 16.7 Å². The molecule has 1 aromatic heterocycles. The summed E-state index contributed by atoms with van der Waals surface area (Å²) in [6.07, 6.45) is 4.92. The fourth-order valence-corrected chi connectivity index (χ4v) is 5.39. The largest absolute Gasteiger partial charge is 0.495 e. The number of nitrogens with one attached hydrogen (secondary N) is 1. The predicted molar refractivity (Wildman–Crippen MR) is 144 cm³/mol. The van der Waals surface area contributed by atoms with Crippen LogP contribution in [0.1, 0.15) is 63.9 Å². The highest BCUT2D eigenvalue weighted by molar-refractivity contribution is 7.09. The average Bonchev–Trinajstić information content (AvgIpc) is 3.29. The number of rotatable bonds is 8. The minimum Gasteiger partial charge on any atom is -0.495 e. The number of nitrogens with two attached hydrogens (primary N) is 2. The van der Waals surface area contributed by atoms with E-state index in [0.717, 1.165) is 43.6 Å². The van der Waals surface area contributed by atoms with E-state index in [1.165, 1.54) is 12.0 Å². The molecular formula is C26H28ClN5O4S. The highest BCUT2D eigenvalue weighted by Crippen LogP contribution is 2.38. The minimum atomic E-state index is -1.10. The molecule has 37 heavy (non-hydrogen) atoms. The highest BCUT2D eigenvalue weighted by Gasteiger charge is 2.38. The van der Waals surface area contributed by atoms with E-state index in [2.05, 4.69) is 9.69 Å².